The van der Waals surface area contributed by atoms with E-state index in [9.17, 15) is 8.78 Å². The lowest BCUT2D eigenvalue weighted by atomic mass is 9.91. The fourth-order valence-corrected chi connectivity index (χ4v) is 2.54. The Hall–Kier alpha value is -0.960. The molecule has 0 aromatic heterocycles. The number of hydrogen-bond donors (Lipinski definition) is 1. The zero-order valence-electron chi connectivity index (χ0n) is 10.4. The van der Waals surface area contributed by atoms with Gasteiger partial charge in [0, 0.05) is 5.56 Å². The topological polar surface area (TPSA) is 12.0 Å². The molecular formula is C14H19F2N. The second-order valence-corrected chi connectivity index (χ2v) is 4.94. The highest BCUT2D eigenvalue weighted by Gasteiger charge is 2.42. The summed E-state index contributed by atoms with van der Waals surface area (Å²) in [6.07, 6.45) is 2.44. The molecular weight excluding hydrogens is 220 g/mol. The Kier molecular flexibility index (Phi) is 3.48. The van der Waals surface area contributed by atoms with Crippen LogP contribution < -0.4 is 5.32 Å². The summed E-state index contributed by atoms with van der Waals surface area (Å²) in [5, 5.41) is 2.95. The molecule has 0 saturated carbocycles. The maximum Gasteiger partial charge on any atom is 0.288 e. The summed E-state index contributed by atoms with van der Waals surface area (Å²) in [7, 11) is 0. The molecule has 0 bridgehead atoms. The van der Waals surface area contributed by atoms with Gasteiger partial charge in [-0.25, -0.2) is 0 Å². The van der Waals surface area contributed by atoms with E-state index >= 15 is 0 Å². The fourth-order valence-electron chi connectivity index (χ4n) is 2.54. The molecule has 0 amide bonds. The smallest absolute Gasteiger partial charge is 0.288 e. The molecule has 0 spiro atoms. The highest BCUT2D eigenvalue weighted by atomic mass is 19.3. The molecule has 0 radical (unpaired) electrons. The van der Waals surface area contributed by atoms with Crippen LogP contribution in [0, 0.1) is 13.8 Å². The first kappa shape index (κ1) is 12.5. The molecule has 17 heavy (non-hydrogen) atoms. The van der Waals surface area contributed by atoms with Crippen molar-refractivity contribution in [2.75, 3.05) is 6.54 Å². The van der Waals surface area contributed by atoms with Gasteiger partial charge in [0.2, 0.25) is 0 Å². The van der Waals surface area contributed by atoms with E-state index in [0.717, 1.165) is 18.4 Å². The average molecular weight is 239 g/mol. The zero-order chi connectivity index (χ0) is 12.5. The second-order valence-electron chi connectivity index (χ2n) is 4.94. The summed E-state index contributed by atoms with van der Waals surface area (Å²) in [4.78, 5) is 0. The number of alkyl halides is 2. The van der Waals surface area contributed by atoms with Crippen molar-refractivity contribution in [3.63, 3.8) is 0 Å². The van der Waals surface area contributed by atoms with Gasteiger partial charge in [0.1, 0.15) is 0 Å². The lowest BCUT2D eigenvalue weighted by Crippen LogP contribution is -2.46. The summed E-state index contributed by atoms with van der Waals surface area (Å²) < 4.78 is 28.7. The van der Waals surface area contributed by atoms with Gasteiger partial charge >= 0.3 is 0 Å². The van der Waals surface area contributed by atoms with Crippen LogP contribution in [0.15, 0.2) is 18.2 Å². The minimum Gasteiger partial charge on any atom is -0.308 e. The summed E-state index contributed by atoms with van der Waals surface area (Å²) in [6, 6.07) is 4.45. The molecule has 0 aliphatic carbocycles. The van der Waals surface area contributed by atoms with Crippen LogP contribution in [0.25, 0.3) is 0 Å². The van der Waals surface area contributed by atoms with Crippen molar-refractivity contribution in [2.45, 2.75) is 45.1 Å². The first-order chi connectivity index (χ1) is 8.01. The van der Waals surface area contributed by atoms with Crippen LogP contribution in [0.5, 0.6) is 0 Å². The van der Waals surface area contributed by atoms with E-state index in [0.29, 0.717) is 18.5 Å². The Morgan fingerprint density at radius 2 is 2.00 bits per heavy atom. The summed E-state index contributed by atoms with van der Waals surface area (Å²) in [5.41, 5.74) is 1.88. The highest BCUT2D eigenvalue weighted by molar-refractivity contribution is 5.34. The van der Waals surface area contributed by atoms with E-state index in [4.69, 9.17) is 0 Å². The van der Waals surface area contributed by atoms with E-state index in [1.54, 1.807) is 19.1 Å². The first-order valence-corrected chi connectivity index (χ1v) is 6.21. The van der Waals surface area contributed by atoms with Gasteiger partial charge in [-0.1, -0.05) is 30.2 Å². The van der Waals surface area contributed by atoms with E-state index in [1.807, 2.05) is 13.0 Å². The molecule has 1 nitrogen and oxygen atoms in total. The second kappa shape index (κ2) is 4.73. The molecule has 3 heteroatoms. The van der Waals surface area contributed by atoms with E-state index in [2.05, 4.69) is 5.32 Å². The van der Waals surface area contributed by atoms with Gasteiger partial charge in [-0.15, -0.1) is 0 Å². The van der Waals surface area contributed by atoms with Crippen LogP contribution in [0.1, 0.15) is 36.0 Å². The highest BCUT2D eigenvalue weighted by Crippen LogP contribution is 2.37. The van der Waals surface area contributed by atoms with Crippen LogP contribution in [0.4, 0.5) is 8.78 Å². The maximum atomic E-state index is 14.4. The number of nitrogens with one attached hydrogen (secondary N) is 1. The number of aryl methyl sites for hydroxylation is 2. The third-order valence-corrected chi connectivity index (χ3v) is 3.49. The van der Waals surface area contributed by atoms with Gasteiger partial charge in [-0.05, 0) is 38.8 Å². The molecule has 1 aliphatic heterocycles. The van der Waals surface area contributed by atoms with Crippen molar-refractivity contribution < 1.29 is 8.78 Å². The third-order valence-electron chi connectivity index (χ3n) is 3.49. The standard InChI is InChI=1S/C14H19F2N/c1-10-6-7-12(11(2)9-10)14(15,16)13-5-3-4-8-17-13/h6-7,9,13,17H,3-5,8H2,1-2H3. The largest absolute Gasteiger partial charge is 0.308 e. The van der Waals surface area contributed by atoms with E-state index < -0.39 is 12.0 Å². The molecule has 1 aliphatic rings. The van der Waals surface area contributed by atoms with Crippen LogP contribution in [-0.2, 0) is 5.92 Å². The van der Waals surface area contributed by atoms with Gasteiger partial charge in [0.15, 0.2) is 0 Å². The van der Waals surface area contributed by atoms with Crippen molar-refractivity contribution >= 4 is 0 Å². The van der Waals surface area contributed by atoms with Gasteiger partial charge in [0.05, 0.1) is 6.04 Å². The van der Waals surface area contributed by atoms with E-state index in [-0.39, 0.29) is 5.56 Å². The van der Waals surface area contributed by atoms with Crippen LogP contribution in [0.2, 0.25) is 0 Å². The lowest BCUT2D eigenvalue weighted by molar-refractivity contribution is -0.0517. The molecule has 94 valence electrons. The Bertz CT molecular complexity index is 395. The molecule has 1 heterocycles. The van der Waals surface area contributed by atoms with Gasteiger partial charge in [-0.2, -0.15) is 8.78 Å². The van der Waals surface area contributed by atoms with Gasteiger partial charge in [0.25, 0.3) is 5.92 Å². The molecule has 2 rings (SSSR count). The van der Waals surface area contributed by atoms with Crippen molar-refractivity contribution in [3.05, 3.63) is 34.9 Å². The normalized spacial score (nSPS) is 21.5. The first-order valence-electron chi connectivity index (χ1n) is 6.21. The Morgan fingerprint density at radius 1 is 1.24 bits per heavy atom. The molecule has 1 aromatic rings. The monoisotopic (exact) mass is 239 g/mol. The van der Waals surface area contributed by atoms with Crippen molar-refractivity contribution in [2.24, 2.45) is 0 Å². The zero-order valence-corrected chi connectivity index (χ0v) is 10.4. The molecule has 1 aromatic carbocycles. The Labute approximate surface area is 101 Å². The Morgan fingerprint density at radius 3 is 2.59 bits per heavy atom. The van der Waals surface area contributed by atoms with Gasteiger partial charge < -0.3 is 5.32 Å². The van der Waals surface area contributed by atoms with Crippen molar-refractivity contribution in [3.8, 4) is 0 Å². The molecule has 1 unspecified atom stereocenters. The maximum absolute atomic E-state index is 14.4. The lowest BCUT2D eigenvalue weighted by Gasteiger charge is -2.32. The molecule has 1 saturated heterocycles. The predicted octanol–water partition coefficient (Wildman–Crippen LogP) is 3.54. The fraction of sp³-hybridized carbons (Fsp3) is 0.571. The third kappa shape index (κ3) is 2.49. The SMILES string of the molecule is Cc1ccc(C(F)(F)C2CCCCN2)c(C)c1. The number of rotatable bonds is 2. The molecule has 1 fully saturated rings. The number of hydrogen-bond acceptors (Lipinski definition) is 1. The quantitative estimate of drug-likeness (QED) is 0.832. The summed E-state index contributed by atoms with van der Waals surface area (Å²) in [6.45, 7) is 4.39. The van der Waals surface area contributed by atoms with Crippen LogP contribution in [0.3, 0.4) is 0 Å². The van der Waals surface area contributed by atoms with Crippen LogP contribution >= 0.6 is 0 Å². The molecule has 1 N–H and O–H groups in total. The predicted molar refractivity (Wildman–Crippen MR) is 65.5 cm³/mol. The van der Waals surface area contributed by atoms with Crippen molar-refractivity contribution in [1.82, 2.24) is 5.32 Å². The number of benzene rings is 1. The number of piperidine rings is 1. The van der Waals surface area contributed by atoms with Gasteiger partial charge in [-0.3, -0.25) is 0 Å². The summed E-state index contributed by atoms with van der Waals surface area (Å²) in [5.74, 6) is -2.77. The van der Waals surface area contributed by atoms with E-state index in [1.165, 1.54) is 0 Å². The molecule has 1 atom stereocenters. The Balaban J connectivity index is 2.29. The van der Waals surface area contributed by atoms with Crippen LogP contribution in [-0.4, -0.2) is 12.6 Å². The average Bonchev–Trinajstić information content (AvgIpc) is 2.29. The number of halogens is 2. The minimum atomic E-state index is -2.77. The van der Waals surface area contributed by atoms with Crippen molar-refractivity contribution in [1.29, 1.82) is 0 Å². The summed E-state index contributed by atoms with van der Waals surface area (Å²) >= 11 is 0. The minimum absolute atomic E-state index is 0.169.